The molecule has 4 fully saturated rings. The lowest BCUT2D eigenvalue weighted by atomic mass is 10.0. The summed E-state index contributed by atoms with van der Waals surface area (Å²) in [4.78, 5) is 45.4. The van der Waals surface area contributed by atoms with E-state index in [1.807, 2.05) is 0 Å². The van der Waals surface area contributed by atoms with Gasteiger partial charge in [0.1, 0.15) is 48.0 Å². The molecule has 25 heteroatoms. The molecule has 6 aliphatic heterocycles. The molecule has 0 spiro atoms. The number of aliphatic imine (C=N–C) groups is 2. The quantitative estimate of drug-likeness (QED) is 0.151. The van der Waals surface area contributed by atoms with Crippen molar-refractivity contribution in [2.45, 2.75) is 54.6 Å². The predicted octanol–water partition coefficient (Wildman–Crippen LogP) is -1.59. The van der Waals surface area contributed by atoms with E-state index >= 15 is 0 Å². The Morgan fingerprint density at radius 3 is 2.85 bits per heavy atom. The third-order valence-electron chi connectivity index (χ3n) is 8.16. The van der Waals surface area contributed by atoms with Crippen molar-refractivity contribution in [1.82, 2.24) is 29.7 Å². The van der Waals surface area contributed by atoms with Crippen LogP contribution in [0.1, 0.15) is 6.23 Å². The number of rotatable bonds is 2. The van der Waals surface area contributed by atoms with Crippen LogP contribution in [0.15, 0.2) is 22.6 Å². The van der Waals surface area contributed by atoms with Crippen LogP contribution in [-0.4, -0.2) is 127 Å². The van der Waals surface area contributed by atoms with Gasteiger partial charge in [-0.2, -0.15) is 4.99 Å². The summed E-state index contributed by atoms with van der Waals surface area (Å²) in [5.41, 5.74) is 5.08. The van der Waals surface area contributed by atoms with E-state index < -0.39 is 93.2 Å². The minimum absolute atomic E-state index is 0.00749. The summed E-state index contributed by atoms with van der Waals surface area (Å²) in [7, 11) is 0. The molecule has 0 saturated carbocycles. The van der Waals surface area contributed by atoms with Crippen molar-refractivity contribution >= 4 is 78.6 Å². The molecule has 8 rings (SSSR count). The highest BCUT2D eigenvalue weighted by Gasteiger charge is 2.65. The zero-order valence-electron chi connectivity index (χ0n) is 23.0. The first-order valence-corrected chi connectivity index (χ1v) is 18.8. The molecule has 1 amide bonds. The van der Waals surface area contributed by atoms with E-state index in [1.165, 1.54) is 23.9 Å². The van der Waals surface area contributed by atoms with E-state index in [2.05, 4.69) is 42.5 Å². The van der Waals surface area contributed by atoms with Crippen LogP contribution in [-0.2, 0) is 53.5 Å². The second-order valence-electron chi connectivity index (χ2n) is 11.0. The molecule has 2 aromatic heterocycles. The Bertz CT molecular complexity index is 1820. The van der Waals surface area contributed by atoms with Gasteiger partial charge in [-0.05, 0) is 11.8 Å². The summed E-state index contributed by atoms with van der Waals surface area (Å²) in [5.74, 6) is -0.890. The largest absolute Gasteiger partial charge is 0.387 e. The van der Waals surface area contributed by atoms with Crippen LogP contribution in [0.4, 0.5) is 5.82 Å². The highest BCUT2D eigenvalue weighted by molar-refractivity contribution is 8.44. The average Bonchev–Trinajstić information content (AvgIpc) is 3.80. The molecule has 0 aliphatic carbocycles. The Kier molecular flexibility index (Phi) is 7.20. The molecule has 5 unspecified atom stereocenters. The molecule has 21 nitrogen and oxygen atoms in total. The molecular weight excluding hydrogens is 694 g/mol. The third kappa shape index (κ3) is 4.93. The summed E-state index contributed by atoms with van der Waals surface area (Å²) in [6.45, 7) is -9.61. The number of ether oxygens (including phenoxy) is 3. The first kappa shape index (κ1) is 30.8. The van der Waals surface area contributed by atoms with Crippen LogP contribution in [0.2, 0.25) is 0 Å². The van der Waals surface area contributed by atoms with Crippen LogP contribution in [0.5, 0.6) is 0 Å². The van der Waals surface area contributed by atoms with E-state index in [-0.39, 0.29) is 18.3 Å². The van der Waals surface area contributed by atoms with Gasteiger partial charge < -0.3 is 34.5 Å². The van der Waals surface area contributed by atoms with E-state index in [0.29, 0.717) is 11.2 Å². The van der Waals surface area contributed by atoms with Gasteiger partial charge in [0.25, 0.3) is 5.91 Å². The number of nitrogens with two attached hydrogens (primary N) is 1. The molecule has 8 heterocycles. The smallest absolute Gasteiger partial charge is 0.386 e. The van der Waals surface area contributed by atoms with Gasteiger partial charge in [0.2, 0.25) is 5.96 Å². The summed E-state index contributed by atoms with van der Waals surface area (Å²) >= 11 is 9.50. The zero-order valence-corrected chi connectivity index (χ0v) is 26.5. The van der Waals surface area contributed by atoms with Crippen molar-refractivity contribution in [1.29, 1.82) is 5.41 Å². The van der Waals surface area contributed by atoms with Crippen LogP contribution < -0.4 is 11.1 Å². The number of fused-ring (bicyclic) bond motifs is 4. The number of imidazole rings is 1. The van der Waals surface area contributed by atoms with E-state index in [4.69, 9.17) is 55.3 Å². The van der Waals surface area contributed by atoms with E-state index in [1.54, 1.807) is 4.57 Å². The van der Waals surface area contributed by atoms with Gasteiger partial charge in [0.15, 0.2) is 35.8 Å². The zero-order chi connectivity index (χ0) is 32.2. The molecule has 0 radical (unpaired) electrons. The molecule has 11 atom stereocenters. The molecule has 2 aromatic rings. The van der Waals surface area contributed by atoms with Crippen LogP contribution in [0.25, 0.3) is 11.2 Å². The number of aliphatic hydroxyl groups is 1. The number of nitrogen functional groups attached to an aromatic ring is 1. The molecule has 4 bridgehead atoms. The van der Waals surface area contributed by atoms with Gasteiger partial charge in [0, 0.05) is 0 Å². The molecule has 6 aliphatic rings. The Morgan fingerprint density at radius 2 is 2.02 bits per heavy atom. The maximum absolute atomic E-state index is 13.7. The van der Waals surface area contributed by atoms with Gasteiger partial charge in [-0.15, -0.1) is 0 Å². The van der Waals surface area contributed by atoms with Crippen LogP contribution in [0, 0.1) is 5.41 Å². The molecule has 46 heavy (non-hydrogen) atoms. The summed E-state index contributed by atoms with van der Waals surface area (Å²) in [5, 5.41) is 21.3. The van der Waals surface area contributed by atoms with Crippen molar-refractivity contribution in [2.24, 2.45) is 9.98 Å². The molecule has 0 aromatic carbocycles. The number of amidine groups is 1. The maximum Gasteiger partial charge on any atom is 0.386 e. The van der Waals surface area contributed by atoms with Crippen molar-refractivity contribution < 1.29 is 51.7 Å². The second-order valence-corrected chi connectivity index (χ2v) is 16.6. The number of guanidine groups is 1. The molecule has 6 N–H and O–H groups in total. The van der Waals surface area contributed by atoms with Gasteiger partial charge in [-0.25, -0.2) is 19.5 Å². The lowest BCUT2D eigenvalue weighted by molar-refractivity contribution is -0.183. The van der Waals surface area contributed by atoms with Crippen LogP contribution >= 0.6 is 25.8 Å². The number of aromatic nitrogens is 4. The number of nitrogens with one attached hydrogen (secondary N) is 2. The fourth-order valence-electron chi connectivity index (χ4n) is 6.07. The number of carbonyl (C=O) groups is 1. The Balaban J connectivity index is 1.11. The summed E-state index contributed by atoms with van der Waals surface area (Å²) in [6.07, 6.45) is -4.59. The number of anilines is 1. The van der Waals surface area contributed by atoms with Crippen LogP contribution in [0.3, 0.4) is 0 Å². The number of nitrogens with zero attached hydrogens (tertiary/aromatic N) is 7. The highest BCUT2D eigenvalue weighted by Crippen LogP contribution is 2.60. The third-order valence-corrected chi connectivity index (χ3v) is 11.3. The van der Waals surface area contributed by atoms with E-state index in [0.717, 1.165) is 0 Å². The monoisotopic (exact) mass is 718 g/mol. The lowest BCUT2D eigenvalue weighted by Crippen LogP contribution is -2.53. The SMILES string of the molecule is N=C1N=C2C(N=CN2[C@@H]2O[C@@H]3COP(O)(=S)OC4[C@@H]5OC[C@]4(COP(=O)(S)O[C@H]2C3O)O[C@H]5n2cnc3c(N)ncnc32)C(=O)N1. The Labute approximate surface area is 267 Å². The Morgan fingerprint density at radius 1 is 1.20 bits per heavy atom. The Hall–Kier alpha value is -2.50. The number of carbonyl (C=O) groups excluding carboxylic acids is 1. The average molecular weight is 719 g/mol. The summed E-state index contributed by atoms with van der Waals surface area (Å²) < 4.78 is 56.8. The number of hydrogen-bond acceptors (Lipinski definition) is 18. The predicted molar refractivity (Wildman–Crippen MR) is 159 cm³/mol. The normalized spacial score (nSPS) is 43.9. The van der Waals surface area contributed by atoms with Crippen molar-refractivity contribution in [2.75, 3.05) is 25.6 Å². The molecule has 4 saturated heterocycles. The first-order chi connectivity index (χ1) is 21.8. The standard InChI is InChI=1S/C21H24N10O11P2S2/c22-14-8-15(25-4-24-14)30(5-26-8)19-12-13-21(40-19,2-36-12)3-38-44(35,46)41-11-10(32)7(1-37-43(34,45)42-13)39-18(11)31-6-27-9-16(31)28-20(23)29-17(9)33/h4-7,9-13,18-19,32H,1-3H2,(H,34,45)(H,35,46)(H2,22,24,25)(H2,23,29,33)/t7-,9?,10?,11+,12+,13?,18-,19-,21-,43?,44?/m1/s1. The number of amides is 1. The van der Waals surface area contributed by atoms with Gasteiger partial charge in [0.05, 0.1) is 32.5 Å². The minimum atomic E-state index is -4.36. The fraction of sp³-hybridized carbons (Fsp3) is 0.571. The van der Waals surface area contributed by atoms with Crippen molar-refractivity contribution in [3.63, 3.8) is 0 Å². The minimum Gasteiger partial charge on any atom is -0.387 e. The number of aliphatic hydroxyl groups excluding tert-OH is 1. The number of thiol groups is 1. The second kappa shape index (κ2) is 10.8. The highest BCUT2D eigenvalue weighted by atomic mass is 32.7. The van der Waals surface area contributed by atoms with Gasteiger partial charge in [-0.3, -0.25) is 43.6 Å². The van der Waals surface area contributed by atoms with Gasteiger partial charge >= 0.3 is 13.5 Å². The molecule has 246 valence electrons. The van der Waals surface area contributed by atoms with Crippen molar-refractivity contribution in [3.8, 4) is 0 Å². The fourth-order valence-corrected chi connectivity index (χ4v) is 9.01. The summed E-state index contributed by atoms with van der Waals surface area (Å²) in [6, 6.07) is -1.10. The topological polar surface area (TPSA) is 273 Å². The number of hydrogen-bond donors (Lipinski definition) is 6. The lowest BCUT2D eigenvalue weighted by Gasteiger charge is -2.34. The molecular formula is C21H24N10O11P2S2. The van der Waals surface area contributed by atoms with E-state index in [9.17, 15) is 19.4 Å². The van der Waals surface area contributed by atoms with Crippen molar-refractivity contribution in [3.05, 3.63) is 12.7 Å². The maximum atomic E-state index is 13.7. The first-order valence-electron chi connectivity index (χ1n) is 13.5. The van der Waals surface area contributed by atoms with Gasteiger partial charge in [-0.1, -0.05) is 12.2 Å².